The van der Waals surface area contributed by atoms with Gasteiger partial charge in [0.15, 0.2) is 0 Å². The number of pyridine rings is 1. The van der Waals surface area contributed by atoms with Gasteiger partial charge in [-0.15, -0.1) is 0 Å². The van der Waals surface area contributed by atoms with Gasteiger partial charge in [-0.05, 0) is 19.4 Å². The van der Waals surface area contributed by atoms with Crippen molar-refractivity contribution >= 4 is 34.1 Å². The fourth-order valence-electron chi connectivity index (χ4n) is 1.50. The lowest BCUT2D eigenvalue weighted by Gasteiger charge is -1.98. The van der Waals surface area contributed by atoms with Gasteiger partial charge in [0.2, 0.25) is 0 Å². The minimum Gasteiger partial charge on any atom is -0.357 e. The van der Waals surface area contributed by atoms with Crippen LogP contribution in [0.25, 0.3) is 10.9 Å². The monoisotopic (exact) mass is 228 g/mol. The highest BCUT2D eigenvalue weighted by molar-refractivity contribution is 6.42. The summed E-state index contributed by atoms with van der Waals surface area (Å²) in [5.41, 5.74) is 2.86. The summed E-state index contributed by atoms with van der Waals surface area (Å²) in [6.45, 7) is 3.96. The molecule has 0 aromatic carbocycles. The van der Waals surface area contributed by atoms with E-state index in [1.807, 2.05) is 19.9 Å². The summed E-state index contributed by atoms with van der Waals surface area (Å²) in [5, 5.41) is 1.97. The summed E-state index contributed by atoms with van der Waals surface area (Å²) in [7, 11) is 0. The van der Waals surface area contributed by atoms with E-state index in [0.29, 0.717) is 10.2 Å². The maximum absolute atomic E-state index is 6.09. The third-order valence-electron chi connectivity index (χ3n) is 2.26. The predicted octanol–water partition coefficient (Wildman–Crippen LogP) is 3.74. The smallest absolute Gasteiger partial charge is 0.140 e. The molecule has 4 heteroatoms. The number of H-pyrrole nitrogens is 1. The van der Waals surface area contributed by atoms with E-state index in [1.165, 1.54) is 0 Å². The number of aryl methyl sites for hydroxylation is 2. The van der Waals surface area contributed by atoms with Crippen molar-refractivity contribution in [3.05, 3.63) is 27.6 Å². The van der Waals surface area contributed by atoms with Crippen molar-refractivity contribution in [3.8, 4) is 0 Å². The summed E-state index contributed by atoms with van der Waals surface area (Å²) in [4.78, 5) is 7.44. The molecule has 2 aromatic heterocycles. The first-order chi connectivity index (χ1) is 6.63. The largest absolute Gasteiger partial charge is 0.357 e. The molecule has 0 fully saturated rings. The molecule has 74 valence electrons. The second-order valence-corrected chi connectivity index (χ2v) is 3.98. The number of halogens is 2. The molecule has 0 aliphatic heterocycles. The molecule has 0 bridgehead atoms. The number of nitrogens with zero attached hydrogens (tertiary/aromatic N) is 1. The first-order valence-electron chi connectivity index (χ1n) is 4.46. The molecule has 0 radical (unpaired) electrons. The Kier molecular flexibility index (Phi) is 2.41. The molecule has 0 unspecified atom stereocenters. The molecule has 0 spiro atoms. The topological polar surface area (TPSA) is 28.7 Å². The predicted molar refractivity (Wildman–Crippen MR) is 60.2 cm³/mol. The third kappa shape index (κ3) is 1.39. The molecule has 0 atom stereocenters. The van der Waals surface area contributed by atoms with E-state index < -0.39 is 0 Å². The minimum atomic E-state index is 0.480. The molecular weight excluding hydrogens is 219 g/mol. The Morgan fingerprint density at radius 2 is 2.14 bits per heavy atom. The van der Waals surface area contributed by atoms with E-state index in [0.717, 1.165) is 28.7 Å². The van der Waals surface area contributed by atoms with Gasteiger partial charge in [0.05, 0.1) is 15.9 Å². The Hall–Kier alpha value is -0.730. The van der Waals surface area contributed by atoms with Gasteiger partial charge in [-0.2, -0.15) is 0 Å². The lowest BCUT2D eigenvalue weighted by molar-refractivity contribution is 1.04. The fourth-order valence-corrected chi connectivity index (χ4v) is 2.09. The van der Waals surface area contributed by atoms with Crippen LogP contribution in [0.3, 0.4) is 0 Å². The molecule has 0 saturated carbocycles. The number of nitrogens with one attached hydrogen (secondary N) is 1. The Bertz CT molecular complexity index is 488. The van der Waals surface area contributed by atoms with Crippen LogP contribution in [0, 0.1) is 6.92 Å². The number of hydrogen-bond acceptors (Lipinski definition) is 1. The van der Waals surface area contributed by atoms with Crippen LogP contribution in [0.1, 0.15) is 18.3 Å². The number of aromatic nitrogens is 2. The molecule has 2 aromatic rings. The van der Waals surface area contributed by atoms with E-state index in [-0.39, 0.29) is 0 Å². The highest BCUT2D eigenvalue weighted by Crippen LogP contribution is 2.32. The molecular formula is C10H10Cl2N2. The van der Waals surface area contributed by atoms with Gasteiger partial charge in [0.1, 0.15) is 5.15 Å². The summed E-state index contributed by atoms with van der Waals surface area (Å²) in [6.07, 6.45) is 0.866. The van der Waals surface area contributed by atoms with Crippen LogP contribution in [0.15, 0.2) is 6.07 Å². The molecule has 2 nitrogen and oxygen atoms in total. The first kappa shape index (κ1) is 9.81. The van der Waals surface area contributed by atoms with Crippen molar-refractivity contribution in [3.63, 3.8) is 0 Å². The van der Waals surface area contributed by atoms with E-state index in [9.17, 15) is 0 Å². The summed E-state index contributed by atoms with van der Waals surface area (Å²) >= 11 is 12.1. The van der Waals surface area contributed by atoms with Gasteiger partial charge in [-0.25, -0.2) is 4.98 Å². The summed E-state index contributed by atoms with van der Waals surface area (Å²) in [5.74, 6) is 0. The number of hydrogen-bond donors (Lipinski definition) is 1. The first-order valence-corrected chi connectivity index (χ1v) is 5.22. The zero-order chi connectivity index (χ0) is 10.3. The molecule has 1 N–H and O–H groups in total. The number of aromatic amines is 1. The lowest BCUT2D eigenvalue weighted by atomic mass is 10.2. The van der Waals surface area contributed by atoms with E-state index in [1.54, 1.807) is 0 Å². The molecule has 0 amide bonds. The van der Waals surface area contributed by atoms with E-state index in [2.05, 4.69) is 9.97 Å². The van der Waals surface area contributed by atoms with Gasteiger partial charge < -0.3 is 4.98 Å². The van der Waals surface area contributed by atoms with Gasteiger partial charge in [-0.1, -0.05) is 30.1 Å². The summed E-state index contributed by atoms with van der Waals surface area (Å²) < 4.78 is 0. The van der Waals surface area contributed by atoms with Gasteiger partial charge in [0.25, 0.3) is 0 Å². The van der Waals surface area contributed by atoms with Crippen LogP contribution < -0.4 is 0 Å². The minimum absolute atomic E-state index is 0.480. The normalized spacial score (nSPS) is 11.1. The van der Waals surface area contributed by atoms with Crippen LogP contribution >= 0.6 is 23.2 Å². The Morgan fingerprint density at radius 1 is 1.43 bits per heavy atom. The molecule has 14 heavy (non-hydrogen) atoms. The van der Waals surface area contributed by atoms with Crippen LogP contribution in [-0.4, -0.2) is 9.97 Å². The standard InChI is InChI=1S/C10H10Cl2N2/c1-3-6-4-7-8(10(12)14-6)9(11)5(2)13-7/h4,13H,3H2,1-2H3. The maximum Gasteiger partial charge on any atom is 0.140 e. The van der Waals surface area contributed by atoms with Gasteiger partial charge in [0, 0.05) is 11.4 Å². The Labute approximate surface area is 92.2 Å². The molecule has 0 saturated heterocycles. The Balaban J connectivity index is 2.83. The van der Waals surface area contributed by atoms with Crippen molar-refractivity contribution < 1.29 is 0 Å². The van der Waals surface area contributed by atoms with Crippen molar-refractivity contribution in [2.24, 2.45) is 0 Å². The second-order valence-electron chi connectivity index (χ2n) is 3.24. The molecule has 0 aliphatic carbocycles. The number of fused-ring (bicyclic) bond motifs is 1. The van der Waals surface area contributed by atoms with E-state index in [4.69, 9.17) is 23.2 Å². The van der Waals surface area contributed by atoms with Crippen molar-refractivity contribution in [2.75, 3.05) is 0 Å². The third-order valence-corrected chi connectivity index (χ3v) is 3.01. The highest BCUT2D eigenvalue weighted by Gasteiger charge is 2.11. The maximum atomic E-state index is 6.09. The quantitative estimate of drug-likeness (QED) is 0.741. The summed E-state index contributed by atoms with van der Waals surface area (Å²) in [6, 6.07) is 1.99. The van der Waals surface area contributed by atoms with Crippen LogP contribution in [0.2, 0.25) is 10.2 Å². The van der Waals surface area contributed by atoms with Crippen LogP contribution in [0.5, 0.6) is 0 Å². The number of rotatable bonds is 1. The zero-order valence-corrected chi connectivity index (χ0v) is 9.50. The van der Waals surface area contributed by atoms with Crippen LogP contribution in [-0.2, 0) is 6.42 Å². The zero-order valence-electron chi connectivity index (χ0n) is 7.99. The van der Waals surface area contributed by atoms with Gasteiger partial charge >= 0.3 is 0 Å². The molecule has 2 rings (SSSR count). The highest BCUT2D eigenvalue weighted by atomic mass is 35.5. The Morgan fingerprint density at radius 3 is 2.79 bits per heavy atom. The van der Waals surface area contributed by atoms with Crippen molar-refractivity contribution in [1.29, 1.82) is 0 Å². The fraction of sp³-hybridized carbons (Fsp3) is 0.300. The molecule has 2 heterocycles. The molecule has 0 aliphatic rings. The van der Waals surface area contributed by atoms with Crippen LogP contribution in [0.4, 0.5) is 0 Å². The second kappa shape index (κ2) is 3.44. The average molecular weight is 229 g/mol. The lowest BCUT2D eigenvalue weighted by Crippen LogP contribution is -1.87. The van der Waals surface area contributed by atoms with Crippen molar-refractivity contribution in [2.45, 2.75) is 20.3 Å². The average Bonchev–Trinajstić information content (AvgIpc) is 2.43. The van der Waals surface area contributed by atoms with Crippen molar-refractivity contribution in [1.82, 2.24) is 9.97 Å². The SMILES string of the molecule is CCc1cc2[nH]c(C)c(Cl)c2c(Cl)n1. The van der Waals surface area contributed by atoms with Gasteiger partial charge in [-0.3, -0.25) is 0 Å². The van der Waals surface area contributed by atoms with E-state index >= 15 is 0 Å².